The molecule has 0 saturated heterocycles. The Labute approximate surface area is 533 Å². The Hall–Kier alpha value is -2.11. The molecule has 0 rings (SSSR count). The highest BCUT2D eigenvalue weighted by Crippen LogP contribution is 2.14. The van der Waals surface area contributed by atoms with Gasteiger partial charge in [0.05, 0.1) is 5.88 Å². The smallest absolute Gasteiger partial charge is 0.237 e. The van der Waals surface area contributed by atoms with E-state index in [1.807, 2.05) is 4.90 Å². The first-order valence-corrected chi connectivity index (χ1v) is 36.9. The normalized spacial score (nSPS) is 12.0. The summed E-state index contributed by atoms with van der Waals surface area (Å²) in [7, 11) is 0. The van der Waals surface area contributed by atoms with E-state index in [4.69, 9.17) is 34.8 Å². The van der Waals surface area contributed by atoms with Crippen LogP contribution in [0.2, 0.25) is 0 Å². The molecule has 0 bridgehead atoms. The van der Waals surface area contributed by atoms with Gasteiger partial charge in [-0.05, 0) is 179 Å². The van der Waals surface area contributed by atoms with Gasteiger partial charge in [-0.2, -0.15) is 0 Å². The van der Waals surface area contributed by atoms with Gasteiger partial charge in [0.15, 0.2) is 0 Å². The summed E-state index contributed by atoms with van der Waals surface area (Å²) in [4.78, 5) is 23.7. The van der Waals surface area contributed by atoms with E-state index in [0.29, 0.717) is 0 Å². The van der Waals surface area contributed by atoms with E-state index in [2.05, 4.69) is 130 Å². The van der Waals surface area contributed by atoms with Crippen LogP contribution in [0, 0.1) is 0 Å². The monoisotopic (exact) mass is 1210 g/mol. The van der Waals surface area contributed by atoms with Crippen LogP contribution in [0.15, 0.2) is 97.2 Å². The average molecular weight is 1220 g/mol. The zero-order chi connectivity index (χ0) is 60.9. The highest BCUT2D eigenvalue weighted by molar-refractivity contribution is 6.67. The summed E-state index contributed by atoms with van der Waals surface area (Å²) >= 11 is 15.4. The zero-order valence-electron chi connectivity index (χ0n) is 55.3. The minimum atomic E-state index is -0.508. The van der Waals surface area contributed by atoms with Gasteiger partial charge in [-0.3, -0.25) is 9.59 Å². The van der Waals surface area contributed by atoms with E-state index in [9.17, 15) is 9.59 Å². The quantitative estimate of drug-likeness (QED) is 0.0286. The first-order valence-electron chi connectivity index (χ1n) is 35.4. The van der Waals surface area contributed by atoms with Crippen molar-refractivity contribution in [3.63, 3.8) is 0 Å². The number of carbonyl (C=O) groups is 2. The van der Waals surface area contributed by atoms with Gasteiger partial charge in [0.25, 0.3) is 0 Å². The van der Waals surface area contributed by atoms with Crippen molar-refractivity contribution in [1.82, 2.24) is 10.2 Å². The van der Waals surface area contributed by atoms with Crippen molar-refractivity contribution >= 4 is 46.0 Å². The number of nitrogens with one attached hydrogen (secondary N) is 1. The fourth-order valence-electron chi connectivity index (χ4n) is 9.63. The predicted octanol–water partition coefficient (Wildman–Crippen LogP) is 25.9. The molecule has 0 aromatic carbocycles. The van der Waals surface area contributed by atoms with Crippen LogP contribution in [-0.2, 0) is 9.59 Å². The van der Waals surface area contributed by atoms with E-state index < -0.39 is 5.24 Å². The summed E-state index contributed by atoms with van der Waals surface area (Å²) in [5.41, 5.74) is 0. The molecule has 484 valence electrons. The molecule has 0 radical (unpaired) electrons. The van der Waals surface area contributed by atoms with Crippen molar-refractivity contribution in [2.45, 2.75) is 336 Å². The molecule has 0 aromatic rings. The molecule has 0 fully saturated rings. The molecule has 1 N–H and O–H groups in total. The number of allylic oxidation sites excluding steroid dienone is 16. The second-order valence-corrected chi connectivity index (χ2v) is 24.0. The minimum Gasteiger partial charge on any atom is -0.342 e. The zero-order valence-corrected chi connectivity index (χ0v) is 57.6. The Morgan fingerprint density at radius 2 is 0.494 bits per heavy atom. The lowest BCUT2D eigenvalue weighted by atomic mass is 10.1. The van der Waals surface area contributed by atoms with Crippen molar-refractivity contribution in [3.8, 4) is 0 Å². The maximum Gasteiger partial charge on any atom is 0.237 e. The molecule has 0 aliphatic rings. The van der Waals surface area contributed by atoms with Crippen molar-refractivity contribution in [1.29, 1.82) is 0 Å². The lowest BCUT2D eigenvalue weighted by molar-refractivity contribution is -0.128. The summed E-state index contributed by atoms with van der Waals surface area (Å²) in [6, 6.07) is 0. The number of amides is 1. The Bertz CT molecular complexity index is 1400. The molecule has 0 atom stereocenters. The second kappa shape index (κ2) is 82.0. The van der Waals surface area contributed by atoms with Crippen molar-refractivity contribution in [3.05, 3.63) is 97.2 Å². The minimum absolute atomic E-state index is 0.0957. The van der Waals surface area contributed by atoms with Gasteiger partial charge in [0.2, 0.25) is 11.1 Å². The first-order chi connectivity index (χ1) is 40.9. The molecule has 0 saturated carbocycles. The van der Waals surface area contributed by atoms with E-state index >= 15 is 0 Å². The van der Waals surface area contributed by atoms with Gasteiger partial charge in [-0.25, -0.2) is 0 Å². The van der Waals surface area contributed by atoms with Crippen molar-refractivity contribution in [2.24, 2.45) is 0 Å². The highest BCUT2D eigenvalue weighted by Gasteiger charge is 2.11. The number of hydrogen-bond acceptors (Lipinski definition) is 3. The van der Waals surface area contributed by atoms with Gasteiger partial charge in [0, 0.05) is 13.1 Å². The maximum atomic E-state index is 12.3. The summed E-state index contributed by atoms with van der Waals surface area (Å²) < 4.78 is 0. The molecular weight excluding hydrogens is 1080 g/mol. The molecule has 0 aromatic heterocycles. The number of halogens is 3. The standard InChI is InChI=1S/C38H68ClNO.C36H67N.C2H2Cl2O/c1-3-5-7-9-11-13-15-17-19-21-23-25-27-29-31-33-35-40(38(41)37-39)36-34-32-30-28-26-24-22-20-18-16-14-12-10-8-6-4-2;1-3-5-7-9-11-13-15-17-19-21-23-25-27-29-31-33-35-37-36-34-32-30-28-26-24-22-20-18-16-14-12-10-8-6-4-2;3-1-2(4)5/h11-14,17-20H,3-10,15-16,21-37H2,1-2H3;11-14,17-20,37H,3-10,15-16,21-36H2,1-2H3;1H2/b2*13-11-,14-12-,19-17-,20-18-;. The summed E-state index contributed by atoms with van der Waals surface area (Å²) in [5.74, 6) is 0.128. The van der Waals surface area contributed by atoms with E-state index in [0.717, 1.165) is 51.6 Å². The summed E-state index contributed by atoms with van der Waals surface area (Å²) in [6.07, 6.45) is 99.5. The average Bonchev–Trinajstić information content (AvgIpc) is 3.49. The van der Waals surface area contributed by atoms with Crippen LogP contribution >= 0.6 is 34.8 Å². The molecule has 7 heteroatoms. The van der Waals surface area contributed by atoms with Crippen LogP contribution in [0.3, 0.4) is 0 Å². The lowest BCUT2D eigenvalue weighted by Gasteiger charge is -2.21. The third-order valence-corrected chi connectivity index (χ3v) is 15.7. The molecule has 0 unspecified atom stereocenters. The van der Waals surface area contributed by atoms with E-state index in [-0.39, 0.29) is 17.7 Å². The Morgan fingerprint density at radius 3 is 0.711 bits per heavy atom. The van der Waals surface area contributed by atoms with Crippen molar-refractivity contribution < 1.29 is 9.59 Å². The number of alkyl halides is 2. The van der Waals surface area contributed by atoms with Crippen LogP contribution < -0.4 is 5.32 Å². The third kappa shape index (κ3) is 84.2. The molecule has 83 heavy (non-hydrogen) atoms. The molecule has 0 aliphatic heterocycles. The number of unbranched alkanes of at least 4 members (excludes halogenated alkanes) is 36. The van der Waals surface area contributed by atoms with E-state index in [1.54, 1.807) is 0 Å². The molecule has 0 heterocycles. The number of rotatable bonds is 62. The fourth-order valence-corrected chi connectivity index (χ4v) is 9.80. The van der Waals surface area contributed by atoms with Gasteiger partial charge in [0.1, 0.15) is 5.88 Å². The molecule has 1 amide bonds. The maximum absolute atomic E-state index is 12.3. The van der Waals surface area contributed by atoms with Crippen molar-refractivity contribution in [2.75, 3.05) is 37.9 Å². The Morgan fingerprint density at radius 1 is 0.289 bits per heavy atom. The van der Waals surface area contributed by atoms with Crippen LogP contribution in [-0.4, -0.2) is 54.0 Å². The Kier molecular flexibility index (Phi) is 84.0. The lowest BCUT2D eigenvalue weighted by Crippen LogP contribution is -2.33. The SMILES string of the molecule is CCCCC/C=C\C/C=C\CCCCCCCCN(CCCCCCCC/C=C\C/C=C\CCCCC)C(=O)CCl.CCCCC/C=C\C/C=C\CCCCCCCCNCCCCCCCC/C=C\C/C=C\CCCCC.O=C(Cl)CCl. The molecular formula is C76H137Cl3N2O2. The van der Waals surface area contributed by atoms with E-state index in [1.165, 1.54) is 283 Å². The summed E-state index contributed by atoms with van der Waals surface area (Å²) in [5, 5.41) is 3.15. The molecule has 0 spiro atoms. The largest absolute Gasteiger partial charge is 0.342 e. The topological polar surface area (TPSA) is 49.4 Å². The number of hydrogen-bond donors (Lipinski definition) is 1. The van der Waals surface area contributed by atoms with Crippen LogP contribution in [0.4, 0.5) is 0 Å². The van der Waals surface area contributed by atoms with Gasteiger partial charge in [-0.15, -0.1) is 23.2 Å². The predicted molar refractivity (Wildman–Crippen MR) is 379 cm³/mol. The summed E-state index contributed by atoms with van der Waals surface area (Å²) in [6.45, 7) is 13.2. The fraction of sp³-hybridized carbons (Fsp3) is 0.763. The van der Waals surface area contributed by atoms with Gasteiger partial charge < -0.3 is 10.2 Å². The van der Waals surface area contributed by atoms with Gasteiger partial charge >= 0.3 is 0 Å². The van der Waals surface area contributed by atoms with Crippen LogP contribution in [0.25, 0.3) is 0 Å². The number of carbonyl (C=O) groups excluding carboxylic acids is 2. The second-order valence-electron chi connectivity index (χ2n) is 23.1. The van der Waals surface area contributed by atoms with Crippen LogP contribution in [0.1, 0.15) is 336 Å². The first kappa shape index (κ1) is 85.1. The highest BCUT2D eigenvalue weighted by atomic mass is 35.5. The molecule has 0 aliphatic carbocycles. The third-order valence-electron chi connectivity index (χ3n) is 14.9. The van der Waals surface area contributed by atoms with Crippen LogP contribution in [0.5, 0.6) is 0 Å². The number of nitrogens with zero attached hydrogens (tertiary/aromatic N) is 1. The van der Waals surface area contributed by atoms with Gasteiger partial charge in [-0.1, -0.05) is 279 Å². The Balaban J connectivity index is -0.00000143. The molecule has 4 nitrogen and oxygen atoms in total.